The lowest BCUT2D eigenvalue weighted by Crippen LogP contribution is -2.52. The number of aromatic nitrogens is 3. The zero-order chi connectivity index (χ0) is 15.5. The van der Waals surface area contributed by atoms with Gasteiger partial charge in [0.2, 0.25) is 0 Å². The molecule has 2 aromatic rings. The number of carboxylic acids is 1. The Bertz CT molecular complexity index is 669. The molecule has 1 amide bonds. The summed E-state index contributed by atoms with van der Waals surface area (Å²) in [5, 5.41) is 16.6. The molecular formula is C14H14N4O4. The van der Waals surface area contributed by atoms with Gasteiger partial charge in [-0.05, 0) is 24.3 Å². The Hall–Kier alpha value is -2.74. The first-order valence-electron chi connectivity index (χ1n) is 6.73. The predicted molar refractivity (Wildman–Crippen MR) is 74.6 cm³/mol. The molecule has 0 bridgehead atoms. The fourth-order valence-corrected chi connectivity index (χ4v) is 2.33. The summed E-state index contributed by atoms with van der Waals surface area (Å²) in [6.45, 7) is 0.622. The van der Waals surface area contributed by atoms with Crippen LogP contribution < -0.4 is 0 Å². The van der Waals surface area contributed by atoms with Gasteiger partial charge in [-0.1, -0.05) is 0 Å². The summed E-state index contributed by atoms with van der Waals surface area (Å²) in [5.74, 6) is -1.37. The third-order valence-corrected chi connectivity index (χ3v) is 3.51. The molecule has 114 valence electrons. The minimum atomic E-state index is -1.06. The van der Waals surface area contributed by atoms with Gasteiger partial charge < -0.3 is 14.7 Å². The Balaban J connectivity index is 1.81. The van der Waals surface area contributed by atoms with E-state index in [-0.39, 0.29) is 19.1 Å². The molecule has 0 radical (unpaired) electrons. The van der Waals surface area contributed by atoms with E-state index in [4.69, 9.17) is 4.74 Å². The highest BCUT2D eigenvalue weighted by Gasteiger charge is 2.33. The number of rotatable bonds is 3. The smallest absolute Gasteiger partial charge is 0.328 e. The lowest BCUT2D eigenvalue weighted by molar-refractivity contribution is -0.147. The van der Waals surface area contributed by atoms with Crippen LogP contribution >= 0.6 is 0 Å². The van der Waals surface area contributed by atoms with Gasteiger partial charge in [-0.25, -0.2) is 4.79 Å². The fraction of sp³-hybridized carbons (Fsp3) is 0.286. The highest BCUT2D eigenvalue weighted by atomic mass is 16.5. The van der Waals surface area contributed by atoms with Gasteiger partial charge in [0.05, 0.1) is 13.2 Å². The van der Waals surface area contributed by atoms with Crippen molar-refractivity contribution in [3.63, 3.8) is 0 Å². The molecule has 0 spiro atoms. The van der Waals surface area contributed by atoms with Crippen LogP contribution in [0.5, 0.6) is 0 Å². The van der Waals surface area contributed by atoms with Gasteiger partial charge in [0.1, 0.15) is 12.7 Å². The van der Waals surface area contributed by atoms with E-state index in [0.717, 1.165) is 5.69 Å². The van der Waals surface area contributed by atoms with Crippen molar-refractivity contribution in [1.82, 2.24) is 19.7 Å². The van der Waals surface area contributed by atoms with Crippen LogP contribution in [0.4, 0.5) is 0 Å². The van der Waals surface area contributed by atoms with Gasteiger partial charge in [0.25, 0.3) is 5.91 Å². The fourth-order valence-electron chi connectivity index (χ4n) is 2.33. The molecule has 8 heteroatoms. The molecule has 2 heterocycles. The van der Waals surface area contributed by atoms with E-state index in [2.05, 4.69) is 10.2 Å². The van der Waals surface area contributed by atoms with E-state index in [0.29, 0.717) is 12.2 Å². The largest absolute Gasteiger partial charge is 0.480 e. The van der Waals surface area contributed by atoms with E-state index in [9.17, 15) is 14.7 Å². The third-order valence-electron chi connectivity index (χ3n) is 3.51. The zero-order valence-electron chi connectivity index (χ0n) is 11.6. The Morgan fingerprint density at radius 1 is 1.18 bits per heavy atom. The lowest BCUT2D eigenvalue weighted by Gasteiger charge is -2.32. The topological polar surface area (TPSA) is 97.6 Å². The second kappa shape index (κ2) is 5.94. The number of ether oxygens (including phenoxy) is 1. The van der Waals surface area contributed by atoms with Gasteiger partial charge in [0.15, 0.2) is 6.04 Å². The van der Waals surface area contributed by atoms with Crippen LogP contribution in [-0.4, -0.2) is 62.4 Å². The Morgan fingerprint density at radius 2 is 1.86 bits per heavy atom. The van der Waals surface area contributed by atoms with E-state index in [1.54, 1.807) is 41.5 Å². The SMILES string of the molecule is O=C(O)C1COCCN1C(=O)c1ccc(-n2cnnc2)cc1. The molecule has 0 aliphatic carbocycles. The number of carbonyl (C=O) groups is 2. The molecule has 0 saturated carbocycles. The number of hydrogen-bond acceptors (Lipinski definition) is 5. The van der Waals surface area contributed by atoms with E-state index < -0.39 is 12.0 Å². The summed E-state index contributed by atoms with van der Waals surface area (Å²) in [4.78, 5) is 25.0. The highest BCUT2D eigenvalue weighted by Crippen LogP contribution is 2.15. The first kappa shape index (κ1) is 14.2. The molecular weight excluding hydrogens is 288 g/mol. The van der Waals surface area contributed by atoms with Gasteiger partial charge >= 0.3 is 5.97 Å². The standard InChI is InChI=1S/C14H14N4O4/c19-13(18-5-6-22-7-12(18)14(20)21)10-1-3-11(4-2-10)17-8-15-16-9-17/h1-4,8-9,12H,5-7H2,(H,20,21). The number of morpholine rings is 1. The van der Waals surface area contributed by atoms with Gasteiger partial charge in [-0.2, -0.15) is 0 Å². The van der Waals surface area contributed by atoms with Gasteiger partial charge in [0, 0.05) is 17.8 Å². The maximum absolute atomic E-state index is 12.5. The number of aliphatic carboxylic acids is 1. The summed E-state index contributed by atoms with van der Waals surface area (Å²) in [7, 11) is 0. The number of hydrogen-bond donors (Lipinski definition) is 1. The second-order valence-electron chi connectivity index (χ2n) is 4.84. The number of carbonyl (C=O) groups excluding carboxylic acids is 1. The number of nitrogens with zero attached hydrogens (tertiary/aromatic N) is 4. The number of benzene rings is 1. The molecule has 1 aromatic heterocycles. The summed E-state index contributed by atoms with van der Waals surface area (Å²) in [6, 6.07) is 5.89. The van der Waals surface area contributed by atoms with Crippen molar-refractivity contribution in [2.45, 2.75) is 6.04 Å². The van der Waals surface area contributed by atoms with Crippen molar-refractivity contribution in [2.75, 3.05) is 19.8 Å². The molecule has 8 nitrogen and oxygen atoms in total. The normalized spacial score (nSPS) is 18.2. The first-order valence-corrected chi connectivity index (χ1v) is 6.73. The lowest BCUT2D eigenvalue weighted by atomic mass is 10.1. The maximum atomic E-state index is 12.5. The van der Waals surface area contributed by atoms with E-state index in [1.807, 2.05) is 0 Å². The Morgan fingerprint density at radius 3 is 2.50 bits per heavy atom. The average Bonchev–Trinajstić information content (AvgIpc) is 3.09. The second-order valence-corrected chi connectivity index (χ2v) is 4.84. The molecule has 1 N–H and O–H groups in total. The molecule has 3 rings (SSSR count). The summed E-state index contributed by atoms with van der Waals surface area (Å²) >= 11 is 0. The molecule has 1 aliphatic rings. The van der Waals surface area contributed by atoms with Crippen molar-refractivity contribution >= 4 is 11.9 Å². The molecule has 1 unspecified atom stereocenters. The van der Waals surface area contributed by atoms with Crippen LogP contribution in [0.25, 0.3) is 5.69 Å². The van der Waals surface area contributed by atoms with Crippen molar-refractivity contribution in [2.24, 2.45) is 0 Å². The molecule has 1 aromatic carbocycles. The van der Waals surface area contributed by atoms with Crippen molar-refractivity contribution in [3.05, 3.63) is 42.5 Å². The van der Waals surface area contributed by atoms with Gasteiger partial charge in [-0.3, -0.25) is 9.36 Å². The van der Waals surface area contributed by atoms with Crippen molar-refractivity contribution in [3.8, 4) is 5.69 Å². The van der Waals surface area contributed by atoms with Crippen LogP contribution in [0.15, 0.2) is 36.9 Å². The molecule has 1 fully saturated rings. The Kier molecular flexibility index (Phi) is 3.84. The average molecular weight is 302 g/mol. The maximum Gasteiger partial charge on any atom is 0.328 e. The minimum absolute atomic E-state index is 0.0138. The zero-order valence-corrected chi connectivity index (χ0v) is 11.6. The van der Waals surface area contributed by atoms with Crippen LogP contribution in [0, 0.1) is 0 Å². The first-order chi connectivity index (χ1) is 10.7. The van der Waals surface area contributed by atoms with Crippen LogP contribution in [0.2, 0.25) is 0 Å². The summed E-state index contributed by atoms with van der Waals surface area (Å²) in [5.41, 5.74) is 1.25. The number of amides is 1. The molecule has 1 aliphatic heterocycles. The summed E-state index contributed by atoms with van der Waals surface area (Å²) in [6.07, 6.45) is 3.11. The van der Waals surface area contributed by atoms with E-state index >= 15 is 0 Å². The van der Waals surface area contributed by atoms with E-state index in [1.165, 1.54) is 4.90 Å². The quantitative estimate of drug-likeness (QED) is 0.869. The molecule has 1 atom stereocenters. The molecule has 1 saturated heterocycles. The van der Waals surface area contributed by atoms with Crippen LogP contribution in [0.3, 0.4) is 0 Å². The van der Waals surface area contributed by atoms with Gasteiger partial charge in [-0.15, -0.1) is 10.2 Å². The minimum Gasteiger partial charge on any atom is -0.480 e. The van der Waals surface area contributed by atoms with Crippen LogP contribution in [-0.2, 0) is 9.53 Å². The monoisotopic (exact) mass is 302 g/mol. The molecule has 22 heavy (non-hydrogen) atoms. The summed E-state index contributed by atoms with van der Waals surface area (Å²) < 4.78 is 6.85. The Labute approximate surface area is 125 Å². The highest BCUT2D eigenvalue weighted by molar-refractivity contribution is 5.96. The predicted octanol–water partition coefficient (Wildman–Crippen LogP) is 0.193. The van der Waals surface area contributed by atoms with Crippen LogP contribution in [0.1, 0.15) is 10.4 Å². The number of carboxylic acid groups (broad SMARTS) is 1. The third kappa shape index (κ3) is 2.68. The van der Waals surface area contributed by atoms with Crippen molar-refractivity contribution in [1.29, 1.82) is 0 Å². The van der Waals surface area contributed by atoms with Crippen molar-refractivity contribution < 1.29 is 19.4 Å².